The van der Waals surface area contributed by atoms with E-state index < -0.39 is 10.0 Å². The van der Waals surface area contributed by atoms with E-state index >= 15 is 0 Å². The average molecular weight is 630 g/mol. The Bertz CT molecular complexity index is 1540. The molecule has 0 amide bonds. The summed E-state index contributed by atoms with van der Waals surface area (Å²) >= 11 is 6.51. The van der Waals surface area contributed by atoms with Gasteiger partial charge in [-0.1, -0.05) is 23.7 Å². The van der Waals surface area contributed by atoms with Crippen molar-refractivity contribution in [3.8, 4) is 5.88 Å². The van der Waals surface area contributed by atoms with E-state index in [1.807, 2.05) is 19.1 Å². The lowest BCUT2D eigenvalue weighted by Gasteiger charge is -2.42. The lowest BCUT2D eigenvalue weighted by molar-refractivity contribution is 0.0981. The molecular weight excluding hydrogens is 590 g/mol. The number of aromatic nitrogens is 3. The lowest BCUT2D eigenvalue weighted by Crippen LogP contribution is -2.52. The van der Waals surface area contributed by atoms with E-state index in [1.54, 1.807) is 37.3 Å². The third-order valence-electron chi connectivity index (χ3n) is 8.01. The zero-order chi connectivity index (χ0) is 30.7. The smallest absolute Gasteiger partial charge is 0.239 e. The normalized spacial score (nSPS) is 17.1. The number of methoxy groups -OCH3 is 1. The molecule has 4 heterocycles. The number of hydrogen-bond donors (Lipinski definition) is 2. The van der Waals surface area contributed by atoms with Crippen molar-refractivity contribution < 1.29 is 13.2 Å². The van der Waals surface area contributed by atoms with Crippen molar-refractivity contribution in [3.05, 3.63) is 47.1 Å². The van der Waals surface area contributed by atoms with Gasteiger partial charge in [-0.3, -0.25) is 9.62 Å². The monoisotopic (exact) mass is 629 g/mol. The van der Waals surface area contributed by atoms with Gasteiger partial charge in [-0.25, -0.2) is 13.4 Å². The number of benzene rings is 1. The Hall–Kier alpha value is -3.39. The van der Waals surface area contributed by atoms with Gasteiger partial charge >= 0.3 is 0 Å². The first-order chi connectivity index (χ1) is 20.5. The van der Waals surface area contributed by atoms with Crippen LogP contribution in [0.15, 0.2) is 36.5 Å². The summed E-state index contributed by atoms with van der Waals surface area (Å²) in [5.41, 5.74) is 2.64. The van der Waals surface area contributed by atoms with Crippen LogP contribution in [0.5, 0.6) is 5.88 Å². The minimum absolute atomic E-state index is 0.292. The molecule has 2 aliphatic heterocycles. The van der Waals surface area contributed by atoms with Gasteiger partial charge in [0.1, 0.15) is 16.5 Å². The number of piperazine rings is 1. The molecule has 232 valence electrons. The highest BCUT2D eigenvalue weighted by atomic mass is 35.5. The predicted octanol–water partition coefficient (Wildman–Crippen LogP) is 3.94. The van der Waals surface area contributed by atoms with Crippen LogP contribution in [0.4, 0.5) is 34.6 Å². The number of aryl methyl sites for hydroxylation is 1. The third-order valence-corrected chi connectivity index (χ3v) is 8.87. The van der Waals surface area contributed by atoms with Crippen LogP contribution in [0.25, 0.3) is 0 Å². The van der Waals surface area contributed by atoms with Crippen molar-refractivity contribution in [2.45, 2.75) is 25.8 Å². The SMILES string of the molecule is COc1nc(N2CCC(N3CCN(C)CC3)CC2)c(C)cc1Nc1ncc(Cl)c(N(C)c2ccccc2NS(C)(=O)=O)n1. The van der Waals surface area contributed by atoms with E-state index in [0.717, 1.165) is 69.7 Å². The maximum atomic E-state index is 11.9. The van der Waals surface area contributed by atoms with Crippen molar-refractivity contribution in [2.24, 2.45) is 0 Å². The molecule has 2 aliphatic rings. The van der Waals surface area contributed by atoms with Gasteiger partial charge in [-0.05, 0) is 50.6 Å². The van der Waals surface area contributed by atoms with Gasteiger partial charge in [0, 0.05) is 52.4 Å². The zero-order valence-corrected chi connectivity index (χ0v) is 26.9. The van der Waals surface area contributed by atoms with Gasteiger partial charge in [-0.15, -0.1) is 0 Å². The van der Waals surface area contributed by atoms with E-state index in [9.17, 15) is 8.42 Å². The Balaban J connectivity index is 1.33. The van der Waals surface area contributed by atoms with Gasteiger partial charge in [0.05, 0.1) is 30.9 Å². The largest absolute Gasteiger partial charge is 0.479 e. The number of ether oxygens (including phenoxy) is 1. The quantitative estimate of drug-likeness (QED) is 0.358. The Labute approximate surface area is 259 Å². The molecule has 0 radical (unpaired) electrons. The lowest BCUT2D eigenvalue weighted by atomic mass is 10.0. The van der Waals surface area contributed by atoms with Gasteiger partial charge in [0.15, 0.2) is 5.82 Å². The van der Waals surface area contributed by atoms with Crippen LogP contribution in [0.3, 0.4) is 0 Å². The highest BCUT2D eigenvalue weighted by Crippen LogP contribution is 2.36. The maximum absolute atomic E-state index is 11.9. The van der Waals surface area contributed by atoms with E-state index in [-0.39, 0.29) is 0 Å². The number of hydrogen-bond acceptors (Lipinski definition) is 11. The Morgan fingerprint density at radius 3 is 2.42 bits per heavy atom. The topological polar surface area (TPSA) is 119 Å². The number of anilines is 6. The van der Waals surface area contributed by atoms with Crippen molar-refractivity contribution >= 4 is 56.3 Å². The second-order valence-corrected chi connectivity index (χ2v) is 13.3. The highest BCUT2D eigenvalue weighted by Gasteiger charge is 2.28. The second kappa shape index (κ2) is 13.1. The molecule has 1 aromatic carbocycles. The van der Waals surface area contributed by atoms with Crippen LogP contribution < -0.4 is 24.6 Å². The van der Waals surface area contributed by atoms with Crippen molar-refractivity contribution in [3.63, 3.8) is 0 Å². The molecule has 0 unspecified atom stereocenters. The van der Waals surface area contributed by atoms with Crippen LogP contribution in [0, 0.1) is 6.92 Å². The summed E-state index contributed by atoms with van der Waals surface area (Å²) < 4.78 is 32.1. The second-order valence-electron chi connectivity index (χ2n) is 11.2. The molecule has 2 fully saturated rings. The molecule has 5 rings (SSSR count). The summed E-state index contributed by atoms with van der Waals surface area (Å²) in [5, 5.41) is 3.54. The molecule has 2 N–H and O–H groups in total. The Morgan fingerprint density at radius 1 is 1.05 bits per heavy atom. The summed E-state index contributed by atoms with van der Waals surface area (Å²) in [6.45, 7) is 8.50. The number of sulfonamides is 1. The van der Waals surface area contributed by atoms with E-state index in [2.05, 4.69) is 41.8 Å². The van der Waals surface area contributed by atoms with E-state index in [4.69, 9.17) is 21.3 Å². The molecular formula is C29H40ClN9O3S. The standard InChI is InChI=1S/C29H40ClN9O3S/c1-20-18-24(28(42-4)33-26(20)39-12-10-21(11-13-39)38-16-14-36(2)15-17-38)32-29-31-19-22(30)27(34-29)37(3)25-9-7-6-8-23(25)35-43(5,40)41/h6-9,18-19,21,35H,10-17H2,1-5H3,(H,31,32,34). The van der Waals surface area contributed by atoms with Crippen LogP contribution >= 0.6 is 11.6 Å². The number of para-hydroxylation sites is 2. The summed E-state index contributed by atoms with van der Waals surface area (Å²) in [6.07, 6.45) is 4.84. The fraction of sp³-hybridized carbons (Fsp3) is 0.483. The van der Waals surface area contributed by atoms with Crippen LogP contribution in [-0.4, -0.2) is 106 Å². The summed E-state index contributed by atoms with van der Waals surface area (Å²) in [6, 6.07) is 9.64. The molecule has 0 atom stereocenters. The molecule has 0 saturated carbocycles. The molecule has 12 nitrogen and oxygen atoms in total. The Morgan fingerprint density at radius 2 is 1.74 bits per heavy atom. The first-order valence-corrected chi connectivity index (χ1v) is 16.6. The van der Waals surface area contributed by atoms with Crippen LogP contribution in [0.1, 0.15) is 18.4 Å². The third kappa shape index (κ3) is 7.40. The summed E-state index contributed by atoms with van der Waals surface area (Å²) in [4.78, 5) is 23.0. The van der Waals surface area contributed by atoms with Crippen molar-refractivity contribution in [2.75, 3.05) is 86.6 Å². The number of nitrogens with zero attached hydrogens (tertiary/aromatic N) is 7. The number of nitrogens with one attached hydrogen (secondary N) is 2. The van der Waals surface area contributed by atoms with Gasteiger partial charge in [0.25, 0.3) is 0 Å². The first kappa shape index (κ1) is 31.0. The van der Waals surface area contributed by atoms with Crippen molar-refractivity contribution in [1.29, 1.82) is 0 Å². The first-order valence-electron chi connectivity index (χ1n) is 14.4. The molecule has 0 spiro atoms. The molecule has 0 bridgehead atoms. The molecule has 43 heavy (non-hydrogen) atoms. The predicted molar refractivity (Wildman–Crippen MR) is 173 cm³/mol. The minimum Gasteiger partial charge on any atom is -0.479 e. The van der Waals surface area contributed by atoms with E-state index in [1.165, 1.54) is 6.20 Å². The average Bonchev–Trinajstić information content (AvgIpc) is 2.98. The van der Waals surface area contributed by atoms with Crippen molar-refractivity contribution in [1.82, 2.24) is 24.8 Å². The molecule has 14 heteroatoms. The number of rotatable bonds is 9. The number of likely N-dealkylation sites (N-methyl/N-ethyl adjacent to an activating group) is 1. The molecule has 2 saturated heterocycles. The van der Waals surface area contributed by atoms with Gasteiger partial charge in [0.2, 0.25) is 21.9 Å². The minimum atomic E-state index is -3.49. The van der Waals surface area contributed by atoms with Gasteiger partial charge < -0.3 is 24.8 Å². The van der Waals surface area contributed by atoms with Crippen LogP contribution in [0.2, 0.25) is 5.02 Å². The molecule has 3 aromatic rings. The number of piperidine rings is 1. The summed E-state index contributed by atoms with van der Waals surface area (Å²) in [7, 11) is 2.06. The fourth-order valence-electron chi connectivity index (χ4n) is 5.72. The van der Waals surface area contributed by atoms with Gasteiger partial charge in [-0.2, -0.15) is 9.97 Å². The van der Waals surface area contributed by atoms with Crippen LogP contribution in [-0.2, 0) is 10.0 Å². The molecule has 0 aliphatic carbocycles. The zero-order valence-electron chi connectivity index (χ0n) is 25.3. The Kier molecular flexibility index (Phi) is 9.45. The number of halogens is 1. The summed E-state index contributed by atoms with van der Waals surface area (Å²) in [5.74, 6) is 2.05. The highest BCUT2D eigenvalue weighted by molar-refractivity contribution is 7.92. The van der Waals surface area contributed by atoms with E-state index in [0.29, 0.717) is 45.8 Å². The fourth-order valence-corrected chi connectivity index (χ4v) is 6.51. The number of pyridine rings is 1. The maximum Gasteiger partial charge on any atom is 0.239 e. The molecule has 2 aromatic heterocycles.